The van der Waals surface area contributed by atoms with Crippen LogP contribution in [-0.4, -0.2) is 33.2 Å². The molecule has 2 aromatic rings. The lowest BCUT2D eigenvalue weighted by Gasteiger charge is -2.09. The summed E-state index contributed by atoms with van der Waals surface area (Å²) < 4.78 is 1.83. The van der Waals surface area contributed by atoms with Gasteiger partial charge in [-0.15, -0.1) is 0 Å². The van der Waals surface area contributed by atoms with E-state index in [1.807, 2.05) is 4.57 Å². The standard InChI is InChI=1S/C13H13ClN4O3/c14-10-7-9(12(19)20)1-2-11(10)17-13(21)16-4-6-18-5-3-15-8-18/h1-3,5,7-8H,4,6H2,(H,19,20)(H2,16,17,21). The van der Waals surface area contributed by atoms with Crippen LogP contribution >= 0.6 is 11.6 Å². The molecule has 2 amide bonds. The van der Waals surface area contributed by atoms with Gasteiger partial charge in [-0.05, 0) is 18.2 Å². The van der Waals surface area contributed by atoms with Gasteiger partial charge in [0.05, 0.1) is 22.6 Å². The predicted molar refractivity (Wildman–Crippen MR) is 77.7 cm³/mol. The van der Waals surface area contributed by atoms with Gasteiger partial charge in [0.2, 0.25) is 0 Å². The molecule has 0 spiro atoms. The summed E-state index contributed by atoms with van der Waals surface area (Å²) in [5.74, 6) is -1.08. The van der Waals surface area contributed by atoms with Crippen molar-refractivity contribution in [2.24, 2.45) is 0 Å². The summed E-state index contributed by atoms with van der Waals surface area (Å²) in [4.78, 5) is 26.4. The number of aromatic carboxylic acids is 1. The molecule has 0 aliphatic rings. The first-order valence-corrected chi connectivity index (χ1v) is 6.47. The first kappa shape index (κ1) is 14.9. The fourth-order valence-corrected chi connectivity index (χ4v) is 1.86. The third-order valence-corrected chi connectivity index (χ3v) is 2.99. The fraction of sp³-hybridized carbons (Fsp3) is 0.154. The molecule has 110 valence electrons. The van der Waals surface area contributed by atoms with Crippen molar-refractivity contribution >= 4 is 29.3 Å². The van der Waals surface area contributed by atoms with Gasteiger partial charge in [-0.25, -0.2) is 14.6 Å². The number of carbonyl (C=O) groups is 2. The van der Waals surface area contributed by atoms with Gasteiger partial charge in [0.15, 0.2) is 0 Å². The molecule has 3 N–H and O–H groups in total. The smallest absolute Gasteiger partial charge is 0.335 e. The van der Waals surface area contributed by atoms with Crippen molar-refractivity contribution < 1.29 is 14.7 Å². The van der Waals surface area contributed by atoms with E-state index in [1.54, 1.807) is 18.7 Å². The summed E-state index contributed by atoms with van der Waals surface area (Å²) in [6.45, 7) is 1.02. The largest absolute Gasteiger partial charge is 0.478 e. The quantitative estimate of drug-likeness (QED) is 0.787. The van der Waals surface area contributed by atoms with Crippen molar-refractivity contribution in [1.82, 2.24) is 14.9 Å². The second-order valence-corrected chi connectivity index (χ2v) is 4.59. The van der Waals surface area contributed by atoms with E-state index in [0.717, 1.165) is 0 Å². The molecular weight excluding hydrogens is 296 g/mol. The lowest BCUT2D eigenvalue weighted by atomic mass is 10.2. The molecule has 0 aliphatic heterocycles. The van der Waals surface area contributed by atoms with E-state index in [1.165, 1.54) is 18.2 Å². The number of halogens is 1. The molecule has 1 heterocycles. The summed E-state index contributed by atoms with van der Waals surface area (Å²) >= 11 is 5.91. The minimum absolute atomic E-state index is 0.0612. The number of benzene rings is 1. The van der Waals surface area contributed by atoms with Crippen LogP contribution < -0.4 is 10.6 Å². The van der Waals surface area contributed by atoms with Crippen LogP contribution in [0.1, 0.15) is 10.4 Å². The molecule has 0 radical (unpaired) electrons. The molecule has 7 nitrogen and oxygen atoms in total. The maximum atomic E-state index is 11.7. The van der Waals surface area contributed by atoms with Crippen LogP contribution in [0.25, 0.3) is 0 Å². The predicted octanol–water partition coefficient (Wildman–Crippen LogP) is 2.06. The van der Waals surface area contributed by atoms with E-state index >= 15 is 0 Å². The molecule has 1 aromatic heterocycles. The number of hydrogen-bond acceptors (Lipinski definition) is 3. The van der Waals surface area contributed by atoms with E-state index < -0.39 is 12.0 Å². The van der Waals surface area contributed by atoms with E-state index in [0.29, 0.717) is 18.8 Å². The van der Waals surface area contributed by atoms with Crippen LogP contribution in [0.3, 0.4) is 0 Å². The van der Waals surface area contributed by atoms with Gasteiger partial charge < -0.3 is 20.3 Å². The van der Waals surface area contributed by atoms with Gasteiger partial charge in [0.1, 0.15) is 0 Å². The Bertz CT molecular complexity index is 643. The number of hydrogen-bond donors (Lipinski definition) is 3. The summed E-state index contributed by atoms with van der Waals surface area (Å²) in [5, 5.41) is 14.2. The molecule has 0 unspecified atom stereocenters. The Labute approximate surface area is 125 Å². The highest BCUT2D eigenvalue weighted by Crippen LogP contribution is 2.22. The van der Waals surface area contributed by atoms with Crippen molar-refractivity contribution in [3.63, 3.8) is 0 Å². The molecule has 1 aromatic carbocycles. The molecule has 0 fully saturated rings. The Balaban J connectivity index is 1.86. The van der Waals surface area contributed by atoms with Crippen molar-refractivity contribution in [3.05, 3.63) is 47.5 Å². The SMILES string of the molecule is O=C(NCCn1ccnc1)Nc1ccc(C(=O)O)cc1Cl. The van der Waals surface area contributed by atoms with Crippen LogP contribution in [0.2, 0.25) is 5.02 Å². The zero-order valence-corrected chi connectivity index (χ0v) is 11.7. The number of aromatic nitrogens is 2. The lowest BCUT2D eigenvalue weighted by Crippen LogP contribution is -2.31. The molecule has 0 atom stereocenters. The number of anilines is 1. The first-order valence-electron chi connectivity index (χ1n) is 6.09. The number of carboxylic acid groups (broad SMARTS) is 1. The number of carbonyl (C=O) groups excluding carboxylic acids is 1. The van der Waals surface area contributed by atoms with Crippen molar-refractivity contribution in [2.45, 2.75) is 6.54 Å². The highest BCUT2D eigenvalue weighted by atomic mass is 35.5. The lowest BCUT2D eigenvalue weighted by molar-refractivity contribution is 0.0697. The molecule has 21 heavy (non-hydrogen) atoms. The molecule has 8 heteroatoms. The topological polar surface area (TPSA) is 96.3 Å². The van der Waals surface area contributed by atoms with Crippen LogP contribution in [0.4, 0.5) is 10.5 Å². The summed E-state index contributed by atoms with van der Waals surface area (Å²) in [6.07, 6.45) is 5.10. The minimum Gasteiger partial charge on any atom is -0.478 e. The van der Waals surface area contributed by atoms with Crippen molar-refractivity contribution in [3.8, 4) is 0 Å². The number of carboxylic acids is 1. The van der Waals surface area contributed by atoms with Crippen LogP contribution in [0.5, 0.6) is 0 Å². The normalized spacial score (nSPS) is 10.1. The second kappa shape index (κ2) is 6.76. The maximum Gasteiger partial charge on any atom is 0.335 e. The monoisotopic (exact) mass is 308 g/mol. The minimum atomic E-state index is -1.08. The maximum absolute atomic E-state index is 11.7. The summed E-state index contributed by atoms with van der Waals surface area (Å²) in [5.41, 5.74) is 0.410. The third kappa shape index (κ3) is 4.22. The van der Waals surface area contributed by atoms with Crippen LogP contribution in [-0.2, 0) is 6.54 Å². The first-order chi connectivity index (χ1) is 10.1. The summed E-state index contributed by atoms with van der Waals surface area (Å²) in [6, 6.07) is 3.68. The molecule has 2 rings (SSSR count). The van der Waals surface area contributed by atoms with Crippen LogP contribution in [0.15, 0.2) is 36.9 Å². The molecular formula is C13H13ClN4O3. The molecule has 0 bridgehead atoms. The van der Waals surface area contributed by atoms with E-state index in [2.05, 4.69) is 15.6 Å². The zero-order chi connectivity index (χ0) is 15.2. The highest BCUT2D eigenvalue weighted by Gasteiger charge is 2.09. The molecule has 0 saturated heterocycles. The Kier molecular flexibility index (Phi) is 4.78. The Morgan fingerprint density at radius 2 is 2.19 bits per heavy atom. The van der Waals surface area contributed by atoms with E-state index in [4.69, 9.17) is 16.7 Å². The van der Waals surface area contributed by atoms with E-state index in [9.17, 15) is 9.59 Å². The second-order valence-electron chi connectivity index (χ2n) is 4.18. The highest BCUT2D eigenvalue weighted by molar-refractivity contribution is 6.34. The van der Waals surface area contributed by atoms with Gasteiger partial charge >= 0.3 is 12.0 Å². The summed E-state index contributed by atoms with van der Waals surface area (Å²) in [7, 11) is 0. The number of amides is 2. The van der Waals surface area contributed by atoms with E-state index in [-0.39, 0.29) is 10.6 Å². The number of nitrogens with zero attached hydrogens (tertiary/aromatic N) is 2. The molecule has 0 aliphatic carbocycles. The average molecular weight is 309 g/mol. The van der Waals surface area contributed by atoms with Gasteiger partial charge in [0, 0.05) is 25.5 Å². The third-order valence-electron chi connectivity index (χ3n) is 2.68. The van der Waals surface area contributed by atoms with Crippen molar-refractivity contribution in [2.75, 3.05) is 11.9 Å². The Morgan fingerprint density at radius 1 is 1.38 bits per heavy atom. The number of urea groups is 1. The van der Waals surface area contributed by atoms with Gasteiger partial charge in [-0.2, -0.15) is 0 Å². The van der Waals surface area contributed by atoms with Crippen molar-refractivity contribution in [1.29, 1.82) is 0 Å². The Hall–Kier alpha value is -2.54. The average Bonchev–Trinajstić information content (AvgIpc) is 2.94. The van der Waals surface area contributed by atoms with Crippen LogP contribution in [0, 0.1) is 0 Å². The molecule has 0 saturated carbocycles. The van der Waals surface area contributed by atoms with Gasteiger partial charge in [-0.1, -0.05) is 11.6 Å². The number of imidazole rings is 1. The van der Waals surface area contributed by atoms with Gasteiger partial charge in [0.25, 0.3) is 0 Å². The number of rotatable bonds is 5. The Morgan fingerprint density at radius 3 is 2.81 bits per heavy atom. The van der Waals surface area contributed by atoms with Gasteiger partial charge in [-0.3, -0.25) is 0 Å². The fourth-order valence-electron chi connectivity index (χ4n) is 1.63. The zero-order valence-electron chi connectivity index (χ0n) is 10.9. The number of nitrogens with one attached hydrogen (secondary N) is 2.